The van der Waals surface area contributed by atoms with Crippen LogP contribution >= 0.6 is 11.3 Å². The monoisotopic (exact) mass is 475 g/mol. The van der Waals surface area contributed by atoms with Gasteiger partial charge in [-0.1, -0.05) is 42.0 Å². The number of piperazine rings is 1. The molecule has 0 saturated carbocycles. The topological polar surface area (TPSA) is 62.1 Å². The summed E-state index contributed by atoms with van der Waals surface area (Å²) in [5.41, 5.74) is 5.32. The molecule has 7 nitrogen and oxygen atoms in total. The van der Waals surface area contributed by atoms with Gasteiger partial charge in [-0.05, 0) is 26.0 Å². The Kier molecular flexibility index (Phi) is 6.26. The zero-order valence-electron chi connectivity index (χ0n) is 19.7. The molecular formula is C26H29N5O2S. The number of fused-ring (bicyclic) bond motifs is 1. The smallest absolute Gasteiger partial charge is 0.322 e. The molecule has 0 unspecified atom stereocenters. The van der Waals surface area contributed by atoms with Gasteiger partial charge in [0.1, 0.15) is 5.75 Å². The number of ether oxygens (including phenoxy) is 1. The number of hydrogen-bond acceptors (Lipinski definition) is 5. The Labute approximate surface area is 203 Å². The lowest BCUT2D eigenvalue weighted by Crippen LogP contribution is -2.49. The van der Waals surface area contributed by atoms with Gasteiger partial charge in [0.15, 0.2) is 4.96 Å². The molecule has 0 spiro atoms. The van der Waals surface area contributed by atoms with Gasteiger partial charge >= 0.3 is 6.03 Å². The van der Waals surface area contributed by atoms with E-state index in [2.05, 4.69) is 58.9 Å². The summed E-state index contributed by atoms with van der Waals surface area (Å²) < 4.78 is 7.58. The molecule has 4 aromatic rings. The number of urea groups is 1. The number of aromatic nitrogens is 2. The Hall–Kier alpha value is -3.36. The van der Waals surface area contributed by atoms with Crippen LogP contribution in [0.1, 0.15) is 16.1 Å². The van der Waals surface area contributed by atoms with Crippen molar-refractivity contribution in [2.24, 2.45) is 0 Å². The molecule has 3 heterocycles. The predicted molar refractivity (Wildman–Crippen MR) is 137 cm³/mol. The fourth-order valence-corrected chi connectivity index (χ4v) is 5.20. The molecule has 176 valence electrons. The minimum Gasteiger partial charge on any atom is -0.495 e. The van der Waals surface area contributed by atoms with E-state index >= 15 is 0 Å². The quantitative estimate of drug-likeness (QED) is 0.439. The van der Waals surface area contributed by atoms with Crippen LogP contribution in [0, 0.1) is 13.8 Å². The Bertz CT molecular complexity index is 1300. The third kappa shape index (κ3) is 4.51. The fraction of sp³-hybridized carbons (Fsp3) is 0.308. The van der Waals surface area contributed by atoms with E-state index in [1.807, 2.05) is 29.2 Å². The molecule has 34 heavy (non-hydrogen) atoms. The van der Waals surface area contributed by atoms with Crippen molar-refractivity contribution in [1.29, 1.82) is 0 Å². The molecule has 8 heteroatoms. The van der Waals surface area contributed by atoms with Gasteiger partial charge in [0, 0.05) is 49.4 Å². The van der Waals surface area contributed by atoms with Gasteiger partial charge in [-0.15, -0.1) is 11.3 Å². The average Bonchev–Trinajstić information content (AvgIpc) is 3.37. The summed E-state index contributed by atoms with van der Waals surface area (Å²) in [6, 6.07) is 16.0. The van der Waals surface area contributed by atoms with Gasteiger partial charge in [0.05, 0.1) is 24.2 Å². The third-order valence-corrected chi connectivity index (χ3v) is 7.15. The highest BCUT2D eigenvalue weighted by molar-refractivity contribution is 7.17. The molecule has 0 radical (unpaired) electrons. The highest BCUT2D eigenvalue weighted by Crippen LogP contribution is 2.30. The maximum atomic E-state index is 12.8. The van der Waals surface area contributed by atoms with Crippen LogP contribution in [0.5, 0.6) is 5.75 Å². The van der Waals surface area contributed by atoms with E-state index in [0.29, 0.717) is 24.5 Å². The molecule has 0 bridgehead atoms. The standard InChI is InChI=1S/C26H29N5O2S/c1-18-8-10-20(11-9-18)24-22(31-16-19(2)34-26(31)28-24)17-29-12-14-30(15-13-29)25(32)27-21-6-4-5-7-23(21)33-3/h4-11,16H,12-15,17H2,1-3H3,(H,27,32). The Balaban J connectivity index is 1.29. The van der Waals surface area contributed by atoms with Crippen molar-refractivity contribution >= 4 is 28.0 Å². The number of imidazole rings is 1. The van der Waals surface area contributed by atoms with E-state index < -0.39 is 0 Å². The fourth-order valence-electron chi connectivity index (χ4n) is 4.36. The zero-order valence-corrected chi connectivity index (χ0v) is 20.6. The van der Waals surface area contributed by atoms with Gasteiger partial charge in [0.2, 0.25) is 0 Å². The maximum absolute atomic E-state index is 12.8. The summed E-state index contributed by atoms with van der Waals surface area (Å²) in [4.78, 5) is 24.3. The summed E-state index contributed by atoms with van der Waals surface area (Å²) >= 11 is 1.72. The lowest BCUT2D eigenvalue weighted by Gasteiger charge is -2.34. The summed E-state index contributed by atoms with van der Waals surface area (Å²) in [6.07, 6.45) is 2.18. The van der Waals surface area contributed by atoms with Gasteiger partial charge in [-0.3, -0.25) is 9.30 Å². The highest BCUT2D eigenvalue weighted by Gasteiger charge is 2.24. The second-order valence-electron chi connectivity index (χ2n) is 8.66. The number of nitrogens with one attached hydrogen (secondary N) is 1. The number of amides is 2. The number of aryl methyl sites for hydroxylation is 2. The third-order valence-electron chi connectivity index (χ3n) is 6.25. The Morgan fingerprint density at radius 3 is 2.53 bits per heavy atom. The van der Waals surface area contributed by atoms with E-state index in [9.17, 15) is 4.79 Å². The highest BCUT2D eigenvalue weighted by atomic mass is 32.1. The predicted octanol–water partition coefficient (Wildman–Crippen LogP) is 5.04. The van der Waals surface area contributed by atoms with Crippen LogP contribution in [-0.2, 0) is 6.54 Å². The first-order valence-electron chi connectivity index (χ1n) is 11.5. The second kappa shape index (κ2) is 9.48. The Morgan fingerprint density at radius 2 is 1.79 bits per heavy atom. The minimum atomic E-state index is -0.0929. The Morgan fingerprint density at radius 1 is 1.06 bits per heavy atom. The number of rotatable bonds is 5. The van der Waals surface area contributed by atoms with Crippen LogP contribution < -0.4 is 10.1 Å². The van der Waals surface area contributed by atoms with Gasteiger partial charge in [-0.2, -0.15) is 0 Å². The number of anilines is 1. The molecule has 5 rings (SSSR count). The number of carbonyl (C=O) groups excluding carboxylic acids is 1. The molecule has 0 aliphatic carbocycles. The van der Waals surface area contributed by atoms with E-state index in [0.717, 1.165) is 35.9 Å². The van der Waals surface area contributed by atoms with E-state index in [4.69, 9.17) is 9.72 Å². The van der Waals surface area contributed by atoms with Crippen molar-refractivity contribution in [2.45, 2.75) is 20.4 Å². The molecule has 2 aromatic heterocycles. The normalized spacial score (nSPS) is 14.5. The lowest BCUT2D eigenvalue weighted by molar-refractivity contribution is 0.142. The zero-order chi connectivity index (χ0) is 23.7. The van der Waals surface area contributed by atoms with Crippen LogP contribution in [0.3, 0.4) is 0 Å². The first-order chi connectivity index (χ1) is 16.5. The summed E-state index contributed by atoms with van der Waals surface area (Å²) in [5, 5.41) is 2.98. The number of benzene rings is 2. The number of methoxy groups -OCH3 is 1. The molecule has 1 N–H and O–H groups in total. The number of carbonyl (C=O) groups is 1. The number of thiazole rings is 1. The first kappa shape index (κ1) is 22.4. The minimum absolute atomic E-state index is 0.0929. The van der Waals surface area contributed by atoms with Gasteiger partial charge in [-0.25, -0.2) is 9.78 Å². The van der Waals surface area contributed by atoms with Crippen molar-refractivity contribution in [2.75, 3.05) is 38.6 Å². The SMILES string of the molecule is COc1ccccc1NC(=O)N1CCN(Cc2c(-c3ccc(C)cc3)nc3sc(C)cn23)CC1. The van der Waals surface area contributed by atoms with Gasteiger partial charge in [0.25, 0.3) is 0 Å². The number of para-hydroxylation sites is 2. The first-order valence-corrected chi connectivity index (χ1v) is 12.3. The van der Waals surface area contributed by atoms with Crippen molar-refractivity contribution in [1.82, 2.24) is 19.2 Å². The number of nitrogens with zero attached hydrogens (tertiary/aromatic N) is 4. The maximum Gasteiger partial charge on any atom is 0.322 e. The van der Waals surface area contributed by atoms with E-state index in [-0.39, 0.29) is 6.03 Å². The molecule has 1 aliphatic heterocycles. The molecule has 1 fully saturated rings. The average molecular weight is 476 g/mol. The summed E-state index contributed by atoms with van der Waals surface area (Å²) in [7, 11) is 1.61. The van der Waals surface area contributed by atoms with Gasteiger partial charge < -0.3 is 15.0 Å². The molecule has 2 aromatic carbocycles. The van der Waals surface area contributed by atoms with Crippen LogP contribution in [0.25, 0.3) is 16.2 Å². The van der Waals surface area contributed by atoms with Crippen molar-refractivity contribution in [3.05, 3.63) is 70.9 Å². The van der Waals surface area contributed by atoms with E-state index in [1.165, 1.54) is 16.1 Å². The van der Waals surface area contributed by atoms with Crippen molar-refractivity contribution in [3.63, 3.8) is 0 Å². The van der Waals surface area contributed by atoms with Crippen molar-refractivity contribution < 1.29 is 9.53 Å². The molecule has 1 saturated heterocycles. The molecule has 0 atom stereocenters. The largest absolute Gasteiger partial charge is 0.495 e. The van der Waals surface area contributed by atoms with Crippen LogP contribution in [0.2, 0.25) is 0 Å². The van der Waals surface area contributed by atoms with Crippen LogP contribution in [0.4, 0.5) is 10.5 Å². The molecular weight excluding hydrogens is 446 g/mol. The van der Waals surface area contributed by atoms with Crippen molar-refractivity contribution in [3.8, 4) is 17.0 Å². The number of hydrogen-bond donors (Lipinski definition) is 1. The second-order valence-corrected chi connectivity index (χ2v) is 9.87. The summed E-state index contributed by atoms with van der Waals surface area (Å²) in [6.45, 7) is 7.97. The molecule has 1 aliphatic rings. The lowest BCUT2D eigenvalue weighted by atomic mass is 10.1. The van der Waals surface area contributed by atoms with Crippen LogP contribution in [-0.4, -0.2) is 58.5 Å². The summed E-state index contributed by atoms with van der Waals surface area (Å²) in [5.74, 6) is 0.661. The van der Waals surface area contributed by atoms with Crippen LogP contribution in [0.15, 0.2) is 54.7 Å². The molecule has 2 amide bonds. The van der Waals surface area contributed by atoms with E-state index in [1.54, 1.807) is 18.4 Å².